The molecule has 4 N–H and O–H groups in total. The molecule has 1 aromatic rings. The number of anilines is 1. The number of nitrogens with one attached hydrogen (secondary N) is 2. The number of hydrogen-bond donors (Lipinski definition) is 3. The van der Waals surface area contributed by atoms with E-state index in [-0.39, 0.29) is 21.3 Å². The van der Waals surface area contributed by atoms with Crippen LogP contribution in [0.5, 0.6) is 0 Å². The molecule has 0 heterocycles. The summed E-state index contributed by atoms with van der Waals surface area (Å²) in [6, 6.07) is 1.92. The Kier molecular flexibility index (Phi) is 5.60. The fraction of sp³-hybridized carbons (Fsp3) is 0.182. The molecule has 0 atom stereocenters. The van der Waals surface area contributed by atoms with Gasteiger partial charge in [0.1, 0.15) is 0 Å². The Balaban J connectivity index is 2.68. The van der Waals surface area contributed by atoms with E-state index < -0.39 is 24.5 Å². The van der Waals surface area contributed by atoms with Gasteiger partial charge in [-0.2, -0.15) is 0 Å². The van der Waals surface area contributed by atoms with Gasteiger partial charge < -0.3 is 15.8 Å². The summed E-state index contributed by atoms with van der Waals surface area (Å²) in [5.74, 6) is -1.66. The first-order valence-corrected chi connectivity index (χ1v) is 6.04. The number of nitrogens with two attached hydrogens (primary N) is 1. The topological polar surface area (TPSA) is 111 Å². The number of esters is 1. The Morgan fingerprint density at radius 2 is 1.95 bits per heavy atom. The quantitative estimate of drug-likeness (QED) is 0.572. The lowest BCUT2D eigenvalue weighted by molar-refractivity contribution is -0.123. The molecule has 108 valence electrons. The molecule has 0 radical (unpaired) electrons. The zero-order valence-electron chi connectivity index (χ0n) is 10.3. The highest BCUT2D eigenvalue weighted by molar-refractivity contribution is 6.37. The van der Waals surface area contributed by atoms with Gasteiger partial charge in [-0.3, -0.25) is 10.1 Å². The van der Waals surface area contributed by atoms with Crippen molar-refractivity contribution >= 4 is 46.8 Å². The van der Waals surface area contributed by atoms with E-state index in [1.165, 1.54) is 19.2 Å². The molecule has 1 rings (SSSR count). The number of amides is 3. The molecule has 0 aliphatic rings. The summed E-state index contributed by atoms with van der Waals surface area (Å²) in [6.45, 7) is -0.643. The lowest BCUT2D eigenvalue weighted by Gasteiger charge is -2.08. The van der Waals surface area contributed by atoms with Crippen LogP contribution in [0.1, 0.15) is 10.4 Å². The number of benzene rings is 1. The highest BCUT2D eigenvalue weighted by atomic mass is 35.5. The van der Waals surface area contributed by atoms with Crippen LogP contribution in [0.2, 0.25) is 10.0 Å². The van der Waals surface area contributed by atoms with Crippen LogP contribution in [-0.2, 0) is 9.53 Å². The molecular weight excluding hydrogens is 309 g/mol. The van der Waals surface area contributed by atoms with Crippen LogP contribution in [0, 0.1) is 0 Å². The predicted molar refractivity (Wildman–Crippen MR) is 73.8 cm³/mol. The second-order valence-electron chi connectivity index (χ2n) is 3.55. The van der Waals surface area contributed by atoms with E-state index in [0.717, 1.165) is 0 Å². The SMILES string of the molecule is CNC(=O)NC(=O)COC(=O)c1cc(Cl)cc(Cl)c1N. The third kappa shape index (κ3) is 4.29. The molecule has 9 heteroatoms. The van der Waals surface area contributed by atoms with E-state index in [4.69, 9.17) is 33.7 Å². The molecule has 0 saturated heterocycles. The maximum absolute atomic E-state index is 11.7. The smallest absolute Gasteiger partial charge is 0.340 e. The standard InChI is InChI=1S/C11H11Cl2N3O4/c1-15-11(19)16-8(17)4-20-10(18)6-2-5(12)3-7(13)9(6)14/h2-3H,4,14H2,1H3,(H2,15,16,17,19). The van der Waals surface area contributed by atoms with Crippen LogP contribution in [0.4, 0.5) is 10.5 Å². The Morgan fingerprint density at radius 1 is 1.30 bits per heavy atom. The van der Waals surface area contributed by atoms with Gasteiger partial charge in [-0.05, 0) is 12.1 Å². The van der Waals surface area contributed by atoms with Crippen LogP contribution in [-0.4, -0.2) is 31.6 Å². The fourth-order valence-electron chi connectivity index (χ4n) is 1.19. The second kappa shape index (κ2) is 6.97. The Hall–Kier alpha value is -1.99. The van der Waals surface area contributed by atoms with E-state index in [1.54, 1.807) is 0 Å². The number of urea groups is 1. The van der Waals surface area contributed by atoms with Gasteiger partial charge in [0.05, 0.1) is 16.3 Å². The van der Waals surface area contributed by atoms with Gasteiger partial charge in [-0.25, -0.2) is 9.59 Å². The summed E-state index contributed by atoms with van der Waals surface area (Å²) >= 11 is 11.5. The van der Waals surface area contributed by atoms with Gasteiger partial charge in [-0.1, -0.05) is 23.2 Å². The highest BCUT2D eigenvalue weighted by Gasteiger charge is 2.17. The molecule has 0 saturated carbocycles. The van der Waals surface area contributed by atoms with Crippen molar-refractivity contribution in [3.05, 3.63) is 27.7 Å². The van der Waals surface area contributed by atoms with Gasteiger partial charge >= 0.3 is 12.0 Å². The molecule has 3 amide bonds. The lowest BCUT2D eigenvalue weighted by Crippen LogP contribution is -2.39. The van der Waals surface area contributed by atoms with Crippen LogP contribution in [0.25, 0.3) is 0 Å². The third-order valence-electron chi connectivity index (χ3n) is 2.13. The maximum Gasteiger partial charge on any atom is 0.340 e. The van der Waals surface area contributed by atoms with Crippen molar-refractivity contribution in [1.82, 2.24) is 10.6 Å². The Bertz CT molecular complexity index is 563. The van der Waals surface area contributed by atoms with E-state index in [0.29, 0.717) is 0 Å². The van der Waals surface area contributed by atoms with Gasteiger partial charge in [0.25, 0.3) is 5.91 Å². The largest absolute Gasteiger partial charge is 0.452 e. The highest BCUT2D eigenvalue weighted by Crippen LogP contribution is 2.27. The molecular formula is C11H11Cl2N3O4. The normalized spacial score (nSPS) is 9.75. The monoisotopic (exact) mass is 319 g/mol. The van der Waals surface area contributed by atoms with E-state index in [2.05, 4.69) is 5.32 Å². The van der Waals surface area contributed by atoms with Gasteiger partial charge in [0.2, 0.25) is 0 Å². The van der Waals surface area contributed by atoms with Crippen molar-refractivity contribution in [2.24, 2.45) is 0 Å². The molecule has 1 aromatic carbocycles. The number of ether oxygens (including phenoxy) is 1. The van der Waals surface area contributed by atoms with E-state index in [9.17, 15) is 14.4 Å². The molecule has 0 bridgehead atoms. The number of hydrogen-bond acceptors (Lipinski definition) is 5. The summed E-state index contributed by atoms with van der Waals surface area (Å²) in [4.78, 5) is 33.8. The first kappa shape index (κ1) is 16.1. The van der Waals surface area contributed by atoms with Crippen molar-refractivity contribution in [2.45, 2.75) is 0 Å². The Morgan fingerprint density at radius 3 is 2.55 bits per heavy atom. The van der Waals surface area contributed by atoms with Crippen molar-refractivity contribution < 1.29 is 19.1 Å². The van der Waals surface area contributed by atoms with E-state index >= 15 is 0 Å². The fourth-order valence-corrected chi connectivity index (χ4v) is 1.68. The first-order valence-electron chi connectivity index (χ1n) is 5.28. The molecule has 0 fully saturated rings. The number of halogens is 2. The molecule has 0 spiro atoms. The van der Waals surface area contributed by atoms with Crippen LogP contribution < -0.4 is 16.4 Å². The van der Waals surface area contributed by atoms with E-state index in [1.807, 2.05) is 5.32 Å². The van der Waals surface area contributed by atoms with Crippen LogP contribution in [0.15, 0.2) is 12.1 Å². The zero-order chi connectivity index (χ0) is 15.3. The van der Waals surface area contributed by atoms with Crippen LogP contribution in [0.3, 0.4) is 0 Å². The molecule has 0 aliphatic carbocycles. The minimum absolute atomic E-state index is 0.00669. The molecule has 20 heavy (non-hydrogen) atoms. The second-order valence-corrected chi connectivity index (χ2v) is 4.40. The van der Waals surface area contributed by atoms with Crippen LogP contribution >= 0.6 is 23.2 Å². The average Bonchev–Trinajstić information content (AvgIpc) is 2.39. The van der Waals surface area contributed by atoms with Gasteiger partial charge in [-0.15, -0.1) is 0 Å². The minimum atomic E-state index is -0.876. The number of nitrogen functional groups attached to an aromatic ring is 1. The first-order chi connectivity index (χ1) is 9.35. The average molecular weight is 320 g/mol. The minimum Gasteiger partial charge on any atom is -0.452 e. The third-order valence-corrected chi connectivity index (χ3v) is 2.66. The number of imide groups is 1. The molecule has 0 unspecified atom stereocenters. The van der Waals surface area contributed by atoms with Crippen molar-refractivity contribution in [1.29, 1.82) is 0 Å². The van der Waals surface area contributed by atoms with Crippen molar-refractivity contribution in [2.75, 3.05) is 19.4 Å². The van der Waals surface area contributed by atoms with Gasteiger partial charge in [0, 0.05) is 12.1 Å². The number of carbonyl (C=O) groups is 3. The van der Waals surface area contributed by atoms with Crippen molar-refractivity contribution in [3.8, 4) is 0 Å². The van der Waals surface area contributed by atoms with Gasteiger partial charge in [0.15, 0.2) is 6.61 Å². The summed E-state index contributed by atoms with van der Waals surface area (Å²) in [5.41, 5.74) is 5.54. The summed E-state index contributed by atoms with van der Waals surface area (Å²) < 4.78 is 4.70. The molecule has 7 nitrogen and oxygen atoms in total. The van der Waals surface area contributed by atoms with Crippen molar-refractivity contribution in [3.63, 3.8) is 0 Å². The molecule has 0 aliphatic heterocycles. The summed E-state index contributed by atoms with van der Waals surface area (Å²) in [7, 11) is 1.34. The Labute approximate surface area is 124 Å². The predicted octanol–water partition coefficient (Wildman–Crippen LogP) is 1.19. The number of rotatable bonds is 3. The summed E-state index contributed by atoms with van der Waals surface area (Å²) in [5, 5.41) is 4.39. The number of carbonyl (C=O) groups excluding carboxylic acids is 3. The molecule has 0 aromatic heterocycles. The summed E-state index contributed by atoms with van der Waals surface area (Å²) in [6.07, 6.45) is 0. The maximum atomic E-state index is 11.7. The zero-order valence-corrected chi connectivity index (χ0v) is 11.8. The lowest BCUT2D eigenvalue weighted by atomic mass is 10.2.